The van der Waals surface area contributed by atoms with Gasteiger partial charge in [-0.15, -0.1) is 0 Å². The van der Waals surface area contributed by atoms with Crippen LogP contribution in [0.3, 0.4) is 0 Å². The number of benzene rings is 1. The van der Waals surface area contributed by atoms with E-state index in [1.165, 1.54) is 12.1 Å². The Labute approximate surface area is 81.5 Å². The minimum Gasteiger partial charge on any atom is -0.404 e. The maximum absolute atomic E-state index is 10.5. The molecule has 1 rings (SSSR count). The standard InChI is InChI=1S/C8H11O5P/c1-12-6-7-2-4-8(5-3-7)13-14(9,10)11/h2-5H,6H2,1H3,(H2,9,10,11). The molecular formula is C8H11O5P. The zero-order chi connectivity index (χ0) is 10.6. The monoisotopic (exact) mass is 218 g/mol. The molecule has 0 atom stereocenters. The second-order valence-corrected chi connectivity index (χ2v) is 3.82. The average Bonchev–Trinajstić information content (AvgIpc) is 2.06. The van der Waals surface area contributed by atoms with Gasteiger partial charge in [0.15, 0.2) is 0 Å². The van der Waals surface area contributed by atoms with Gasteiger partial charge in [0, 0.05) is 7.11 Å². The number of phosphoric ester groups is 1. The summed E-state index contributed by atoms with van der Waals surface area (Å²) in [5, 5.41) is 0. The minimum atomic E-state index is -4.45. The third-order valence-corrected chi connectivity index (χ3v) is 1.91. The Hall–Kier alpha value is -0.870. The van der Waals surface area contributed by atoms with Gasteiger partial charge in [-0.1, -0.05) is 12.1 Å². The summed E-state index contributed by atoms with van der Waals surface area (Å²) >= 11 is 0. The van der Waals surface area contributed by atoms with E-state index in [0.29, 0.717) is 6.61 Å². The lowest BCUT2D eigenvalue weighted by Crippen LogP contribution is -1.91. The zero-order valence-corrected chi connectivity index (χ0v) is 8.48. The van der Waals surface area contributed by atoms with Crippen molar-refractivity contribution in [2.75, 3.05) is 7.11 Å². The van der Waals surface area contributed by atoms with E-state index in [1.54, 1.807) is 19.2 Å². The molecule has 6 heteroatoms. The van der Waals surface area contributed by atoms with E-state index in [-0.39, 0.29) is 5.75 Å². The number of hydrogen-bond donors (Lipinski definition) is 2. The van der Waals surface area contributed by atoms with Crippen LogP contribution in [0.25, 0.3) is 0 Å². The third-order valence-electron chi connectivity index (χ3n) is 1.46. The zero-order valence-electron chi connectivity index (χ0n) is 7.58. The first-order chi connectivity index (χ1) is 6.51. The predicted molar refractivity (Wildman–Crippen MR) is 49.8 cm³/mol. The number of hydrogen-bond acceptors (Lipinski definition) is 3. The fourth-order valence-corrected chi connectivity index (χ4v) is 1.35. The van der Waals surface area contributed by atoms with Crippen molar-refractivity contribution in [1.82, 2.24) is 0 Å². The van der Waals surface area contributed by atoms with E-state index < -0.39 is 7.82 Å². The van der Waals surface area contributed by atoms with Gasteiger partial charge in [0.1, 0.15) is 5.75 Å². The molecule has 1 aromatic rings. The lowest BCUT2D eigenvalue weighted by atomic mass is 10.2. The van der Waals surface area contributed by atoms with Gasteiger partial charge in [0.25, 0.3) is 0 Å². The molecule has 0 fully saturated rings. The van der Waals surface area contributed by atoms with Gasteiger partial charge in [-0.05, 0) is 17.7 Å². The topological polar surface area (TPSA) is 76.0 Å². The Kier molecular flexibility index (Phi) is 3.66. The van der Waals surface area contributed by atoms with Gasteiger partial charge >= 0.3 is 7.82 Å². The molecule has 78 valence electrons. The molecule has 0 spiro atoms. The maximum atomic E-state index is 10.5. The first-order valence-corrected chi connectivity index (χ1v) is 5.37. The normalized spacial score (nSPS) is 11.4. The lowest BCUT2D eigenvalue weighted by molar-refractivity contribution is 0.185. The van der Waals surface area contributed by atoms with E-state index >= 15 is 0 Å². The summed E-state index contributed by atoms with van der Waals surface area (Å²) in [6.45, 7) is 0.455. The fraction of sp³-hybridized carbons (Fsp3) is 0.250. The molecule has 0 heterocycles. The Morgan fingerprint density at radius 3 is 2.29 bits per heavy atom. The van der Waals surface area contributed by atoms with Crippen molar-refractivity contribution in [3.05, 3.63) is 29.8 Å². The molecule has 0 radical (unpaired) electrons. The van der Waals surface area contributed by atoms with Crippen LogP contribution in [0.5, 0.6) is 5.75 Å². The fourth-order valence-electron chi connectivity index (χ4n) is 0.951. The summed E-state index contributed by atoms with van der Waals surface area (Å²) < 4.78 is 19.7. The molecule has 0 aliphatic heterocycles. The van der Waals surface area contributed by atoms with E-state index in [4.69, 9.17) is 14.5 Å². The Balaban J connectivity index is 2.69. The number of methoxy groups -OCH3 is 1. The third kappa shape index (κ3) is 3.89. The van der Waals surface area contributed by atoms with Crippen LogP contribution in [0.2, 0.25) is 0 Å². The van der Waals surface area contributed by atoms with Gasteiger partial charge in [-0.25, -0.2) is 4.57 Å². The quantitative estimate of drug-likeness (QED) is 0.745. The molecule has 0 aromatic heterocycles. The second-order valence-electron chi connectivity index (χ2n) is 2.66. The van der Waals surface area contributed by atoms with E-state index in [2.05, 4.69) is 4.52 Å². The highest BCUT2D eigenvalue weighted by molar-refractivity contribution is 7.46. The van der Waals surface area contributed by atoms with Crippen molar-refractivity contribution in [3.63, 3.8) is 0 Å². The van der Waals surface area contributed by atoms with E-state index in [0.717, 1.165) is 5.56 Å². The first-order valence-electron chi connectivity index (χ1n) is 3.84. The Morgan fingerprint density at radius 1 is 1.29 bits per heavy atom. The molecule has 5 nitrogen and oxygen atoms in total. The molecule has 1 aromatic carbocycles. The van der Waals surface area contributed by atoms with Crippen molar-refractivity contribution in [2.24, 2.45) is 0 Å². The molecule has 0 amide bonds. The molecule has 0 aliphatic carbocycles. The van der Waals surface area contributed by atoms with Crippen molar-refractivity contribution in [2.45, 2.75) is 6.61 Å². The lowest BCUT2D eigenvalue weighted by Gasteiger charge is -2.06. The van der Waals surface area contributed by atoms with Crippen molar-refractivity contribution in [1.29, 1.82) is 0 Å². The number of phosphoric acid groups is 1. The van der Waals surface area contributed by atoms with Crippen LogP contribution in [0.1, 0.15) is 5.56 Å². The van der Waals surface area contributed by atoms with Crippen LogP contribution in [-0.4, -0.2) is 16.9 Å². The Morgan fingerprint density at radius 2 is 1.86 bits per heavy atom. The highest BCUT2D eigenvalue weighted by Gasteiger charge is 2.15. The smallest absolute Gasteiger partial charge is 0.404 e. The number of rotatable bonds is 4. The average molecular weight is 218 g/mol. The van der Waals surface area contributed by atoms with Crippen molar-refractivity contribution >= 4 is 7.82 Å². The van der Waals surface area contributed by atoms with Gasteiger partial charge in [0.05, 0.1) is 6.61 Å². The first kappa shape index (κ1) is 11.2. The second kappa shape index (κ2) is 4.57. The van der Waals surface area contributed by atoms with Crippen molar-refractivity contribution in [3.8, 4) is 5.75 Å². The molecule has 14 heavy (non-hydrogen) atoms. The van der Waals surface area contributed by atoms with Crippen molar-refractivity contribution < 1.29 is 23.6 Å². The molecular weight excluding hydrogens is 207 g/mol. The molecule has 2 N–H and O–H groups in total. The van der Waals surface area contributed by atoms with Crippen LogP contribution < -0.4 is 4.52 Å². The molecule has 0 bridgehead atoms. The van der Waals surface area contributed by atoms with Crippen LogP contribution in [-0.2, 0) is 15.9 Å². The minimum absolute atomic E-state index is 0.137. The molecule has 0 saturated carbocycles. The predicted octanol–water partition coefficient (Wildman–Crippen LogP) is 1.30. The van der Waals surface area contributed by atoms with E-state index in [1.807, 2.05) is 0 Å². The summed E-state index contributed by atoms with van der Waals surface area (Å²) in [5.41, 5.74) is 0.908. The van der Waals surface area contributed by atoms with Gasteiger partial charge < -0.3 is 9.26 Å². The van der Waals surface area contributed by atoms with Crippen LogP contribution >= 0.6 is 7.82 Å². The summed E-state index contributed by atoms with van der Waals surface area (Å²) in [6, 6.07) is 6.31. The molecule has 0 unspecified atom stereocenters. The summed E-state index contributed by atoms with van der Waals surface area (Å²) in [4.78, 5) is 17.0. The van der Waals surface area contributed by atoms with Crippen LogP contribution in [0.4, 0.5) is 0 Å². The van der Waals surface area contributed by atoms with Crippen LogP contribution in [0.15, 0.2) is 24.3 Å². The Bertz CT molecular complexity index is 328. The van der Waals surface area contributed by atoms with Gasteiger partial charge in [0.2, 0.25) is 0 Å². The largest absolute Gasteiger partial charge is 0.524 e. The number of ether oxygens (including phenoxy) is 1. The van der Waals surface area contributed by atoms with Gasteiger partial charge in [-0.2, -0.15) is 0 Å². The maximum Gasteiger partial charge on any atom is 0.524 e. The molecule has 0 aliphatic rings. The summed E-state index contributed by atoms with van der Waals surface area (Å²) in [7, 11) is -2.88. The van der Waals surface area contributed by atoms with Gasteiger partial charge in [-0.3, -0.25) is 9.79 Å². The highest BCUT2D eigenvalue weighted by atomic mass is 31.2. The summed E-state index contributed by atoms with van der Waals surface area (Å²) in [5.74, 6) is 0.137. The highest BCUT2D eigenvalue weighted by Crippen LogP contribution is 2.37. The van der Waals surface area contributed by atoms with Crippen LogP contribution in [0, 0.1) is 0 Å². The van der Waals surface area contributed by atoms with E-state index in [9.17, 15) is 4.57 Å². The molecule has 0 saturated heterocycles. The summed E-state index contributed by atoms with van der Waals surface area (Å²) in [6.07, 6.45) is 0. The SMILES string of the molecule is COCc1ccc(OP(=O)(O)O)cc1.